The lowest BCUT2D eigenvalue weighted by molar-refractivity contribution is -0.384. The van der Waals surface area contributed by atoms with Gasteiger partial charge in [-0.15, -0.1) is 0 Å². The molecule has 28 heavy (non-hydrogen) atoms. The first-order chi connectivity index (χ1) is 13.5. The van der Waals surface area contributed by atoms with Crippen LogP contribution in [0.1, 0.15) is 22.5 Å². The normalized spacial score (nSPS) is 10.9. The first-order valence-corrected chi connectivity index (χ1v) is 8.76. The quantitative estimate of drug-likeness (QED) is 0.403. The number of carbonyl (C=O) groups excluding carboxylic acids is 1. The number of aromatic nitrogens is 2. The first kappa shape index (κ1) is 19.0. The molecule has 0 aliphatic rings. The fourth-order valence-electron chi connectivity index (χ4n) is 2.86. The Hall–Kier alpha value is -3.74. The summed E-state index contributed by atoms with van der Waals surface area (Å²) >= 11 is 0. The van der Waals surface area contributed by atoms with Crippen molar-refractivity contribution in [2.24, 2.45) is 0 Å². The van der Waals surface area contributed by atoms with Gasteiger partial charge in [-0.1, -0.05) is 18.2 Å². The Morgan fingerprint density at radius 2 is 1.82 bits per heavy atom. The summed E-state index contributed by atoms with van der Waals surface area (Å²) in [4.78, 5) is 22.3. The number of hydrogen-bond acceptors (Lipinski definition) is 4. The minimum absolute atomic E-state index is 0.0166. The number of amides is 1. The highest BCUT2D eigenvalue weighted by Crippen LogP contribution is 2.17. The van der Waals surface area contributed by atoms with Gasteiger partial charge < -0.3 is 5.32 Å². The predicted molar refractivity (Wildman–Crippen MR) is 107 cm³/mol. The molecule has 7 heteroatoms. The van der Waals surface area contributed by atoms with Gasteiger partial charge in [0, 0.05) is 36.0 Å². The molecule has 0 radical (unpaired) electrons. The van der Waals surface area contributed by atoms with Gasteiger partial charge in [0.2, 0.25) is 5.91 Å². The van der Waals surface area contributed by atoms with E-state index in [-0.39, 0.29) is 11.6 Å². The lowest BCUT2D eigenvalue weighted by atomic mass is 10.2. The van der Waals surface area contributed by atoms with E-state index in [4.69, 9.17) is 0 Å². The molecule has 1 N–H and O–H groups in total. The average Bonchev–Trinajstić information content (AvgIpc) is 2.99. The molecule has 0 aliphatic carbocycles. The van der Waals surface area contributed by atoms with E-state index in [0.717, 1.165) is 22.6 Å². The lowest BCUT2D eigenvalue weighted by Crippen LogP contribution is -2.21. The summed E-state index contributed by atoms with van der Waals surface area (Å²) in [6.07, 6.45) is 3.03. The van der Waals surface area contributed by atoms with Crippen molar-refractivity contribution in [3.63, 3.8) is 0 Å². The van der Waals surface area contributed by atoms with Crippen molar-refractivity contribution < 1.29 is 9.72 Å². The highest BCUT2D eigenvalue weighted by molar-refractivity contribution is 5.91. The minimum Gasteiger partial charge on any atom is -0.348 e. The van der Waals surface area contributed by atoms with Crippen molar-refractivity contribution in [3.8, 4) is 5.69 Å². The van der Waals surface area contributed by atoms with Crippen LogP contribution in [-0.2, 0) is 11.3 Å². The van der Waals surface area contributed by atoms with E-state index in [1.807, 2.05) is 48.9 Å². The zero-order valence-electron chi connectivity index (χ0n) is 15.6. The van der Waals surface area contributed by atoms with Crippen LogP contribution in [0.15, 0.2) is 60.7 Å². The summed E-state index contributed by atoms with van der Waals surface area (Å²) in [6, 6.07) is 15.8. The van der Waals surface area contributed by atoms with Gasteiger partial charge in [0.15, 0.2) is 0 Å². The summed E-state index contributed by atoms with van der Waals surface area (Å²) in [6.45, 7) is 4.26. The molecule has 0 aliphatic heterocycles. The minimum atomic E-state index is -0.458. The number of nitrogens with one attached hydrogen (secondary N) is 1. The third kappa shape index (κ3) is 4.32. The Bertz CT molecular complexity index is 1020. The predicted octanol–water partition coefficient (Wildman–Crippen LogP) is 3.73. The monoisotopic (exact) mass is 376 g/mol. The van der Waals surface area contributed by atoms with E-state index >= 15 is 0 Å². The molecular weight excluding hydrogens is 356 g/mol. The molecule has 0 saturated carbocycles. The van der Waals surface area contributed by atoms with Crippen molar-refractivity contribution in [2.75, 3.05) is 0 Å². The summed E-state index contributed by atoms with van der Waals surface area (Å²) in [5.74, 6) is -0.246. The highest BCUT2D eigenvalue weighted by Gasteiger charge is 2.13. The summed E-state index contributed by atoms with van der Waals surface area (Å²) < 4.78 is 1.86. The largest absolute Gasteiger partial charge is 0.348 e. The van der Waals surface area contributed by atoms with Gasteiger partial charge in [-0.3, -0.25) is 14.9 Å². The summed E-state index contributed by atoms with van der Waals surface area (Å²) in [5.41, 5.74) is 4.51. The fourth-order valence-corrected chi connectivity index (χ4v) is 2.86. The number of carbonyl (C=O) groups is 1. The molecule has 142 valence electrons. The second kappa shape index (κ2) is 8.30. The van der Waals surface area contributed by atoms with Crippen molar-refractivity contribution in [2.45, 2.75) is 20.4 Å². The molecule has 7 nitrogen and oxygen atoms in total. The molecule has 0 unspecified atom stereocenters. The van der Waals surface area contributed by atoms with Gasteiger partial charge in [-0.2, -0.15) is 5.10 Å². The number of nitrogens with zero attached hydrogens (tertiary/aromatic N) is 3. The Labute approximate surface area is 162 Å². The third-order valence-electron chi connectivity index (χ3n) is 4.41. The van der Waals surface area contributed by atoms with Gasteiger partial charge in [0.25, 0.3) is 5.69 Å². The zero-order chi connectivity index (χ0) is 20.1. The number of benzene rings is 2. The second-order valence-electron chi connectivity index (χ2n) is 6.30. The van der Waals surface area contributed by atoms with Crippen LogP contribution >= 0.6 is 0 Å². The Kier molecular flexibility index (Phi) is 5.64. The van der Waals surface area contributed by atoms with Crippen LogP contribution in [0.2, 0.25) is 0 Å². The molecule has 0 bridgehead atoms. The Balaban J connectivity index is 1.65. The van der Waals surface area contributed by atoms with Crippen LogP contribution in [0.25, 0.3) is 11.8 Å². The number of nitro benzene ring substituents is 1. The maximum Gasteiger partial charge on any atom is 0.269 e. The number of non-ortho nitro benzene ring substituents is 1. The molecule has 1 heterocycles. The van der Waals surface area contributed by atoms with Gasteiger partial charge in [-0.05, 0) is 49.8 Å². The first-order valence-electron chi connectivity index (χ1n) is 8.76. The van der Waals surface area contributed by atoms with E-state index in [9.17, 15) is 14.9 Å². The lowest BCUT2D eigenvalue weighted by Gasteiger charge is -2.06. The number of aryl methyl sites for hydroxylation is 1. The van der Waals surface area contributed by atoms with Crippen molar-refractivity contribution in [3.05, 3.63) is 93.3 Å². The summed E-state index contributed by atoms with van der Waals surface area (Å²) in [7, 11) is 0. The van der Waals surface area contributed by atoms with Crippen LogP contribution in [-0.4, -0.2) is 20.6 Å². The molecule has 3 aromatic rings. The molecule has 0 spiro atoms. The molecule has 1 aromatic heterocycles. The highest BCUT2D eigenvalue weighted by atomic mass is 16.6. The smallest absolute Gasteiger partial charge is 0.269 e. The van der Waals surface area contributed by atoms with Crippen molar-refractivity contribution >= 4 is 17.7 Å². The van der Waals surface area contributed by atoms with E-state index in [1.165, 1.54) is 18.2 Å². The molecule has 0 fully saturated rings. The van der Waals surface area contributed by atoms with Gasteiger partial charge >= 0.3 is 0 Å². The van der Waals surface area contributed by atoms with Gasteiger partial charge in [0.1, 0.15) is 0 Å². The Morgan fingerprint density at radius 3 is 2.46 bits per heavy atom. The van der Waals surface area contributed by atoms with Gasteiger partial charge in [0.05, 0.1) is 16.3 Å². The number of para-hydroxylation sites is 1. The van der Waals surface area contributed by atoms with Gasteiger partial charge in [-0.25, -0.2) is 4.68 Å². The molecule has 1 amide bonds. The maximum absolute atomic E-state index is 12.1. The third-order valence-corrected chi connectivity index (χ3v) is 4.41. The molecule has 0 atom stereocenters. The average molecular weight is 376 g/mol. The van der Waals surface area contributed by atoms with Crippen LogP contribution in [0, 0.1) is 24.0 Å². The number of rotatable bonds is 6. The fraction of sp³-hybridized carbons (Fsp3) is 0.143. The van der Waals surface area contributed by atoms with E-state index in [1.54, 1.807) is 18.2 Å². The number of nitro groups is 1. The van der Waals surface area contributed by atoms with Crippen molar-refractivity contribution in [1.29, 1.82) is 0 Å². The van der Waals surface area contributed by atoms with E-state index in [2.05, 4.69) is 10.4 Å². The standard InChI is InChI=1S/C21H20N4O3/c1-15-20(16(2)24(23-15)18-6-4-3-5-7-18)14-22-21(26)13-10-17-8-11-19(12-9-17)25(27)28/h3-13H,14H2,1-2H3,(H,22,26). The maximum atomic E-state index is 12.1. The second-order valence-corrected chi connectivity index (χ2v) is 6.30. The van der Waals surface area contributed by atoms with E-state index in [0.29, 0.717) is 12.1 Å². The SMILES string of the molecule is Cc1nn(-c2ccccc2)c(C)c1CNC(=O)C=Cc1ccc([N+](=O)[O-])cc1. The summed E-state index contributed by atoms with van der Waals surface area (Å²) in [5, 5.41) is 18.1. The van der Waals surface area contributed by atoms with Crippen LogP contribution < -0.4 is 5.32 Å². The van der Waals surface area contributed by atoms with E-state index < -0.39 is 4.92 Å². The zero-order valence-corrected chi connectivity index (χ0v) is 15.6. The molecule has 2 aromatic carbocycles. The van der Waals surface area contributed by atoms with Crippen LogP contribution in [0.4, 0.5) is 5.69 Å². The topological polar surface area (TPSA) is 90.1 Å². The van der Waals surface area contributed by atoms with Crippen molar-refractivity contribution in [1.82, 2.24) is 15.1 Å². The molecule has 3 rings (SSSR count). The molecular formula is C21H20N4O3. The molecule has 0 saturated heterocycles. The number of hydrogen-bond donors (Lipinski definition) is 1. The van der Waals surface area contributed by atoms with Crippen LogP contribution in [0.3, 0.4) is 0 Å². The van der Waals surface area contributed by atoms with Crippen LogP contribution in [0.5, 0.6) is 0 Å². The Morgan fingerprint density at radius 1 is 1.14 bits per heavy atom.